The summed E-state index contributed by atoms with van der Waals surface area (Å²) in [5.41, 5.74) is 0.486. The lowest BCUT2D eigenvalue weighted by Gasteiger charge is -2.36. The van der Waals surface area contributed by atoms with Gasteiger partial charge >= 0.3 is 0 Å². The van der Waals surface area contributed by atoms with E-state index in [-0.39, 0.29) is 0 Å². The Kier molecular flexibility index (Phi) is 3.79. The molecule has 1 heterocycles. The van der Waals surface area contributed by atoms with E-state index in [0.29, 0.717) is 11.5 Å². The maximum Gasteiger partial charge on any atom is 0.0505 e. The lowest BCUT2D eigenvalue weighted by atomic mass is 9.82. The van der Waals surface area contributed by atoms with E-state index in [4.69, 9.17) is 0 Å². The van der Waals surface area contributed by atoms with E-state index < -0.39 is 0 Å². The largest absolute Gasteiger partial charge is 0.316 e. The molecule has 0 aliphatic carbocycles. The van der Waals surface area contributed by atoms with E-state index in [2.05, 4.69) is 53.7 Å². The molecule has 1 fully saturated rings. The molecule has 3 heteroatoms. The molecule has 1 rings (SSSR count). The molecule has 0 unspecified atom stereocenters. The van der Waals surface area contributed by atoms with Crippen molar-refractivity contribution in [3.05, 3.63) is 0 Å². The normalized spacial score (nSPS) is 32.8. The van der Waals surface area contributed by atoms with Crippen molar-refractivity contribution in [2.45, 2.75) is 26.3 Å². The van der Waals surface area contributed by atoms with E-state index in [1.165, 1.54) is 19.5 Å². The standard InChI is InChI=1S/C9H19IN2/c1-8(12(3)7-10)9(2)4-5-11-6-9/h8,11H,4-7H2,1-3H3/t8-,9-/m0/s1. The summed E-state index contributed by atoms with van der Waals surface area (Å²) in [5, 5.41) is 3.44. The van der Waals surface area contributed by atoms with Gasteiger partial charge in [-0.05, 0) is 32.4 Å². The summed E-state index contributed by atoms with van der Waals surface area (Å²) in [6, 6.07) is 0.685. The Balaban J connectivity index is 2.54. The van der Waals surface area contributed by atoms with Crippen molar-refractivity contribution in [3.8, 4) is 0 Å². The van der Waals surface area contributed by atoms with Crippen LogP contribution in [0.25, 0.3) is 0 Å². The van der Waals surface area contributed by atoms with Crippen molar-refractivity contribution in [3.63, 3.8) is 0 Å². The zero-order valence-corrected chi connectivity index (χ0v) is 10.4. The van der Waals surface area contributed by atoms with E-state index in [1.807, 2.05) is 0 Å². The number of nitrogens with one attached hydrogen (secondary N) is 1. The minimum Gasteiger partial charge on any atom is -0.316 e. The summed E-state index contributed by atoms with van der Waals surface area (Å²) in [6.45, 7) is 7.09. The monoisotopic (exact) mass is 282 g/mol. The molecule has 0 bridgehead atoms. The van der Waals surface area contributed by atoms with Crippen LogP contribution in [-0.2, 0) is 0 Å². The van der Waals surface area contributed by atoms with E-state index in [9.17, 15) is 0 Å². The molecule has 0 spiro atoms. The van der Waals surface area contributed by atoms with Crippen molar-refractivity contribution in [2.24, 2.45) is 5.41 Å². The highest BCUT2D eigenvalue weighted by Crippen LogP contribution is 2.31. The lowest BCUT2D eigenvalue weighted by molar-refractivity contribution is 0.149. The van der Waals surface area contributed by atoms with Gasteiger partial charge in [0.25, 0.3) is 0 Å². The number of rotatable bonds is 3. The topological polar surface area (TPSA) is 15.3 Å². The van der Waals surface area contributed by atoms with Gasteiger partial charge in [-0.15, -0.1) is 0 Å². The van der Waals surface area contributed by atoms with Crippen molar-refractivity contribution >= 4 is 22.6 Å². The van der Waals surface area contributed by atoms with Crippen LogP contribution in [0.2, 0.25) is 0 Å². The van der Waals surface area contributed by atoms with Gasteiger partial charge in [-0.3, -0.25) is 4.90 Å². The summed E-state index contributed by atoms with van der Waals surface area (Å²) >= 11 is 2.43. The third kappa shape index (κ3) is 2.12. The molecule has 72 valence electrons. The van der Waals surface area contributed by atoms with Crippen LogP contribution in [0.1, 0.15) is 20.3 Å². The molecule has 2 nitrogen and oxygen atoms in total. The highest BCUT2D eigenvalue weighted by molar-refractivity contribution is 14.1. The van der Waals surface area contributed by atoms with Crippen molar-refractivity contribution in [1.82, 2.24) is 10.2 Å². The number of nitrogens with zero attached hydrogens (tertiary/aromatic N) is 1. The summed E-state index contributed by atoms with van der Waals surface area (Å²) in [4.78, 5) is 2.42. The van der Waals surface area contributed by atoms with Crippen LogP contribution in [0.5, 0.6) is 0 Å². The van der Waals surface area contributed by atoms with Crippen molar-refractivity contribution in [2.75, 3.05) is 24.7 Å². The van der Waals surface area contributed by atoms with Gasteiger partial charge in [0.05, 0.1) is 4.55 Å². The maximum atomic E-state index is 3.44. The Labute approximate surface area is 89.2 Å². The van der Waals surface area contributed by atoms with Crippen LogP contribution in [0.3, 0.4) is 0 Å². The maximum absolute atomic E-state index is 3.44. The number of hydrogen-bond acceptors (Lipinski definition) is 2. The van der Waals surface area contributed by atoms with E-state index in [1.54, 1.807) is 0 Å². The second-order valence-corrected chi connectivity index (χ2v) is 4.82. The van der Waals surface area contributed by atoms with Gasteiger partial charge in [-0.1, -0.05) is 29.5 Å². The number of hydrogen-bond donors (Lipinski definition) is 1. The molecule has 0 aromatic rings. The average molecular weight is 282 g/mol. The molecule has 0 saturated carbocycles. The Morgan fingerprint density at radius 3 is 2.75 bits per heavy atom. The first-order valence-corrected chi connectivity index (χ1v) is 6.09. The molecule has 1 aliphatic heterocycles. The smallest absolute Gasteiger partial charge is 0.0505 e. The first kappa shape index (κ1) is 10.7. The van der Waals surface area contributed by atoms with Gasteiger partial charge in [0.1, 0.15) is 0 Å². The fraction of sp³-hybridized carbons (Fsp3) is 1.00. The highest BCUT2D eigenvalue weighted by Gasteiger charge is 2.35. The fourth-order valence-electron chi connectivity index (χ4n) is 1.83. The lowest BCUT2D eigenvalue weighted by Crippen LogP contribution is -2.43. The Morgan fingerprint density at radius 2 is 2.33 bits per heavy atom. The third-order valence-corrected chi connectivity index (χ3v) is 4.34. The summed E-state index contributed by atoms with van der Waals surface area (Å²) in [6.07, 6.45) is 1.31. The van der Waals surface area contributed by atoms with E-state index in [0.717, 1.165) is 4.55 Å². The molecule has 1 aliphatic rings. The zero-order chi connectivity index (χ0) is 9.19. The molecule has 12 heavy (non-hydrogen) atoms. The molecule has 0 amide bonds. The minimum absolute atomic E-state index is 0.486. The number of halogens is 1. The van der Waals surface area contributed by atoms with Crippen LogP contribution >= 0.6 is 22.6 Å². The van der Waals surface area contributed by atoms with Crippen LogP contribution < -0.4 is 5.32 Å². The molecule has 0 aromatic carbocycles. The predicted molar refractivity (Wildman–Crippen MR) is 61.7 cm³/mol. The molecule has 2 atom stereocenters. The minimum atomic E-state index is 0.486. The predicted octanol–water partition coefficient (Wildman–Crippen LogP) is 1.70. The molecule has 1 N–H and O–H groups in total. The zero-order valence-electron chi connectivity index (χ0n) is 8.23. The first-order chi connectivity index (χ1) is 5.60. The van der Waals surface area contributed by atoms with Crippen molar-refractivity contribution in [1.29, 1.82) is 0 Å². The summed E-state index contributed by atoms with van der Waals surface area (Å²) < 4.78 is 1.12. The summed E-state index contributed by atoms with van der Waals surface area (Å²) in [5.74, 6) is 0. The Morgan fingerprint density at radius 1 is 1.67 bits per heavy atom. The molecule has 0 radical (unpaired) electrons. The van der Waals surface area contributed by atoms with Gasteiger partial charge in [-0.2, -0.15) is 0 Å². The van der Waals surface area contributed by atoms with Crippen molar-refractivity contribution < 1.29 is 0 Å². The van der Waals surface area contributed by atoms with Gasteiger partial charge in [0.2, 0.25) is 0 Å². The van der Waals surface area contributed by atoms with E-state index >= 15 is 0 Å². The van der Waals surface area contributed by atoms with Crippen LogP contribution in [-0.4, -0.2) is 35.6 Å². The molecular weight excluding hydrogens is 263 g/mol. The van der Waals surface area contributed by atoms with Gasteiger partial charge < -0.3 is 5.32 Å². The van der Waals surface area contributed by atoms with Crippen LogP contribution in [0, 0.1) is 5.41 Å². The van der Waals surface area contributed by atoms with Gasteiger partial charge in [0, 0.05) is 12.6 Å². The third-order valence-electron chi connectivity index (χ3n) is 3.26. The molecule has 1 saturated heterocycles. The SMILES string of the molecule is C[C@H](N(C)CI)[C@@]1(C)CCNC1. The Bertz CT molecular complexity index is 143. The highest BCUT2D eigenvalue weighted by atomic mass is 127. The average Bonchev–Trinajstić information content (AvgIpc) is 2.50. The second kappa shape index (κ2) is 4.24. The molecular formula is C9H19IN2. The molecule has 0 aromatic heterocycles. The van der Waals surface area contributed by atoms with Gasteiger partial charge in [-0.25, -0.2) is 0 Å². The van der Waals surface area contributed by atoms with Crippen LogP contribution in [0.4, 0.5) is 0 Å². The second-order valence-electron chi connectivity index (χ2n) is 4.13. The quantitative estimate of drug-likeness (QED) is 0.481. The van der Waals surface area contributed by atoms with Gasteiger partial charge in [0.15, 0.2) is 0 Å². The number of alkyl halides is 1. The van der Waals surface area contributed by atoms with Crippen LogP contribution in [0.15, 0.2) is 0 Å². The summed E-state index contributed by atoms with van der Waals surface area (Å²) in [7, 11) is 2.21. The Hall–Kier alpha value is 0.650. The first-order valence-electron chi connectivity index (χ1n) is 4.57. The fourth-order valence-corrected chi connectivity index (χ4v) is 2.42.